The molecule has 0 aliphatic heterocycles. The lowest BCUT2D eigenvalue weighted by atomic mass is 10.2. The third-order valence-corrected chi connectivity index (χ3v) is 3.73. The van der Waals surface area contributed by atoms with Gasteiger partial charge in [0.2, 0.25) is 5.91 Å². The molecule has 1 heterocycles. The van der Waals surface area contributed by atoms with Gasteiger partial charge in [0, 0.05) is 35.9 Å². The maximum absolute atomic E-state index is 11.9. The molecule has 0 atom stereocenters. The van der Waals surface area contributed by atoms with E-state index in [0.29, 0.717) is 23.0 Å². The number of hydrogen-bond acceptors (Lipinski definition) is 5. The normalized spacial score (nSPS) is 10.4. The van der Waals surface area contributed by atoms with Crippen molar-refractivity contribution in [3.63, 3.8) is 0 Å². The van der Waals surface area contributed by atoms with Gasteiger partial charge in [0.15, 0.2) is 5.16 Å². The third kappa shape index (κ3) is 4.75. The molecule has 0 bridgehead atoms. The van der Waals surface area contributed by atoms with E-state index in [9.17, 15) is 4.79 Å². The number of aryl methyl sites for hydroxylation is 2. The minimum atomic E-state index is -0.0386. The molecule has 3 N–H and O–H groups in total. The Morgan fingerprint density at radius 3 is 2.71 bits per heavy atom. The number of aromatic nitrogens is 2. The van der Waals surface area contributed by atoms with Crippen LogP contribution in [0.15, 0.2) is 35.7 Å². The van der Waals surface area contributed by atoms with Crippen LogP contribution in [-0.2, 0) is 4.79 Å². The van der Waals surface area contributed by atoms with Crippen LogP contribution in [0.4, 0.5) is 11.4 Å². The van der Waals surface area contributed by atoms with Crippen LogP contribution < -0.4 is 11.1 Å². The molecule has 2 rings (SSSR count). The molecule has 2 aromatic rings. The van der Waals surface area contributed by atoms with Gasteiger partial charge in [-0.25, -0.2) is 9.97 Å². The highest BCUT2D eigenvalue weighted by molar-refractivity contribution is 7.99. The molecule has 21 heavy (non-hydrogen) atoms. The fourth-order valence-electron chi connectivity index (χ4n) is 1.68. The maximum Gasteiger partial charge on any atom is 0.225 e. The number of hydrogen-bond donors (Lipinski definition) is 2. The number of nitrogens with zero attached hydrogens (tertiary/aromatic N) is 2. The zero-order valence-corrected chi connectivity index (χ0v) is 12.9. The summed E-state index contributed by atoms with van der Waals surface area (Å²) in [6, 6.07) is 5.47. The van der Waals surface area contributed by atoms with Gasteiger partial charge in [0.05, 0.1) is 0 Å². The topological polar surface area (TPSA) is 80.9 Å². The monoisotopic (exact) mass is 302 g/mol. The first-order chi connectivity index (χ1) is 10.0. The smallest absolute Gasteiger partial charge is 0.225 e. The molecular formula is C15H18N4OS. The van der Waals surface area contributed by atoms with Gasteiger partial charge >= 0.3 is 0 Å². The van der Waals surface area contributed by atoms with E-state index in [1.807, 2.05) is 26.0 Å². The maximum atomic E-state index is 11.9. The SMILES string of the molecule is Cc1cnc(SCCC(=O)Nc2cc(N)ccc2C)nc1. The standard InChI is InChI=1S/C15H18N4OS/c1-10-8-17-15(18-9-10)21-6-5-14(20)19-13-7-12(16)4-3-11(13)2/h3-4,7-9H,5-6,16H2,1-2H3,(H,19,20). The van der Waals surface area contributed by atoms with E-state index in [0.717, 1.165) is 16.8 Å². The summed E-state index contributed by atoms with van der Waals surface area (Å²) in [7, 11) is 0. The zero-order valence-electron chi connectivity index (χ0n) is 12.1. The fraction of sp³-hybridized carbons (Fsp3) is 0.267. The highest BCUT2D eigenvalue weighted by Crippen LogP contribution is 2.19. The number of anilines is 2. The molecule has 0 saturated carbocycles. The Labute approximate surface area is 128 Å². The van der Waals surface area contributed by atoms with Gasteiger partial charge < -0.3 is 11.1 Å². The van der Waals surface area contributed by atoms with Crippen molar-refractivity contribution >= 4 is 29.0 Å². The van der Waals surface area contributed by atoms with Crippen LogP contribution in [0, 0.1) is 13.8 Å². The van der Waals surface area contributed by atoms with Crippen LogP contribution >= 0.6 is 11.8 Å². The second kappa shape index (κ2) is 7.08. The van der Waals surface area contributed by atoms with Crippen molar-refractivity contribution in [3.05, 3.63) is 41.7 Å². The first kappa shape index (κ1) is 15.3. The minimum Gasteiger partial charge on any atom is -0.399 e. The number of carbonyl (C=O) groups is 1. The predicted molar refractivity (Wildman–Crippen MR) is 86.3 cm³/mol. The van der Waals surface area contributed by atoms with Crippen molar-refractivity contribution in [1.82, 2.24) is 9.97 Å². The molecular weight excluding hydrogens is 284 g/mol. The van der Waals surface area contributed by atoms with E-state index >= 15 is 0 Å². The average Bonchev–Trinajstić information content (AvgIpc) is 2.45. The van der Waals surface area contributed by atoms with Gasteiger partial charge in [-0.3, -0.25) is 4.79 Å². The van der Waals surface area contributed by atoms with Crippen LogP contribution in [0.25, 0.3) is 0 Å². The highest BCUT2D eigenvalue weighted by atomic mass is 32.2. The molecule has 0 saturated heterocycles. The molecule has 5 nitrogen and oxygen atoms in total. The molecule has 1 aromatic heterocycles. The van der Waals surface area contributed by atoms with E-state index in [2.05, 4.69) is 15.3 Å². The largest absolute Gasteiger partial charge is 0.399 e. The van der Waals surface area contributed by atoms with Crippen LogP contribution in [0.5, 0.6) is 0 Å². The average molecular weight is 302 g/mol. The Morgan fingerprint density at radius 1 is 1.29 bits per heavy atom. The van der Waals surface area contributed by atoms with Gasteiger partial charge in [-0.05, 0) is 37.1 Å². The molecule has 1 amide bonds. The Morgan fingerprint density at radius 2 is 2.00 bits per heavy atom. The minimum absolute atomic E-state index is 0.0386. The first-order valence-electron chi connectivity index (χ1n) is 6.62. The van der Waals surface area contributed by atoms with Crippen molar-refractivity contribution in [2.45, 2.75) is 25.4 Å². The summed E-state index contributed by atoms with van der Waals surface area (Å²) in [6.45, 7) is 3.87. The van der Waals surface area contributed by atoms with E-state index in [1.54, 1.807) is 18.5 Å². The van der Waals surface area contributed by atoms with E-state index in [1.165, 1.54) is 11.8 Å². The van der Waals surface area contributed by atoms with E-state index in [4.69, 9.17) is 5.73 Å². The molecule has 0 spiro atoms. The molecule has 0 unspecified atom stereocenters. The van der Waals surface area contributed by atoms with E-state index < -0.39 is 0 Å². The van der Waals surface area contributed by atoms with Gasteiger partial charge in [-0.15, -0.1) is 0 Å². The lowest BCUT2D eigenvalue weighted by Gasteiger charge is -2.09. The zero-order chi connectivity index (χ0) is 15.2. The number of nitrogens with one attached hydrogen (secondary N) is 1. The number of nitrogens with two attached hydrogens (primary N) is 1. The quantitative estimate of drug-likeness (QED) is 0.504. The summed E-state index contributed by atoms with van der Waals surface area (Å²) >= 11 is 1.47. The molecule has 0 fully saturated rings. The van der Waals surface area contributed by atoms with Crippen molar-refractivity contribution in [3.8, 4) is 0 Å². The Hall–Kier alpha value is -2.08. The number of amides is 1. The number of rotatable bonds is 5. The van der Waals surface area contributed by atoms with Crippen molar-refractivity contribution in [2.24, 2.45) is 0 Å². The summed E-state index contributed by atoms with van der Waals surface area (Å²) in [5.74, 6) is 0.597. The van der Waals surface area contributed by atoms with Gasteiger partial charge in [0.25, 0.3) is 0 Å². The number of thioether (sulfide) groups is 1. The summed E-state index contributed by atoms with van der Waals surface area (Å²) in [6.07, 6.45) is 3.94. The Kier molecular flexibility index (Phi) is 5.16. The van der Waals surface area contributed by atoms with Crippen molar-refractivity contribution in [2.75, 3.05) is 16.8 Å². The second-order valence-electron chi connectivity index (χ2n) is 4.76. The molecule has 6 heteroatoms. The van der Waals surface area contributed by atoms with Gasteiger partial charge in [-0.1, -0.05) is 17.8 Å². The molecule has 0 aliphatic rings. The fourth-order valence-corrected chi connectivity index (χ4v) is 2.40. The lowest BCUT2D eigenvalue weighted by molar-refractivity contribution is -0.115. The van der Waals surface area contributed by atoms with E-state index in [-0.39, 0.29) is 5.91 Å². The van der Waals surface area contributed by atoms with Crippen molar-refractivity contribution in [1.29, 1.82) is 0 Å². The molecule has 110 valence electrons. The summed E-state index contributed by atoms with van der Waals surface area (Å²) in [5, 5.41) is 3.56. The van der Waals surface area contributed by atoms with Crippen molar-refractivity contribution < 1.29 is 4.79 Å². The number of benzene rings is 1. The van der Waals surface area contributed by atoms with Gasteiger partial charge in [0.1, 0.15) is 0 Å². The van der Waals surface area contributed by atoms with Crippen LogP contribution in [-0.4, -0.2) is 21.6 Å². The Balaban J connectivity index is 1.82. The van der Waals surface area contributed by atoms with Crippen LogP contribution in [0.3, 0.4) is 0 Å². The van der Waals surface area contributed by atoms with Crippen LogP contribution in [0.1, 0.15) is 17.5 Å². The molecule has 0 radical (unpaired) electrons. The summed E-state index contributed by atoms with van der Waals surface area (Å²) in [5.41, 5.74) is 9.13. The third-order valence-electron chi connectivity index (χ3n) is 2.85. The van der Waals surface area contributed by atoms with Crippen LogP contribution in [0.2, 0.25) is 0 Å². The second-order valence-corrected chi connectivity index (χ2v) is 5.83. The molecule has 0 aliphatic carbocycles. The van der Waals surface area contributed by atoms with Gasteiger partial charge in [-0.2, -0.15) is 0 Å². The summed E-state index contributed by atoms with van der Waals surface area (Å²) < 4.78 is 0. The highest BCUT2D eigenvalue weighted by Gasteiger charge is 2.06. The molecule has 1 aromatic carbocycles. The predicted octanol–water partition coefficient (Wildman–Crippen LogP) is 2.80. The first-order valence-corrected chi connectivity index (χ1v) is 7.60. The summed E-state index contributed by atoms with van der Waals surface area (Å²) in [4.78, 5) is 20.3. The number of nitrogen functional groups attached to an aromatic ring is 1. The Bertz CT molecular complexity index is 628. The number of carbonyl (C=O) groups excluding carboxylic acids is 1. The lowest BCUT2D eigenvalue weighted by Crippen LogP contribution is -2.13.